The lowest BCUT2D eigenvalue weighted by molar-refractivity contribution is 0.305. The fourth-order valence-corrected chi connectivity index (χ4v) is 2.88. The van der Waals surface area contributed by atoms with Gasteiger partial charge in [-0.25, -0.2) is 0 Å². The van der Waals surface area contributed by atoms with Crippen molar-refractivity contribution in [2.75, 3.05) is 6.61 Å². The van der Waals surface area contributed by atoms with Gasteiger partial charge in [-0.05, 0) is 30.2 Å². The molecule has 0 saturated carbocycles. The maximum absolute atomic E-state index is 6.05. The zero-order valence-corrected chi connectivity index (χ0v) is 14.9. The first-order chi connectivity index (χ1) is 10.8. The number of hydrogen-bond acceptors (Lipinski definition) is 1. The van der Waals surface area contributed by atoms with Crippen molar-refractivity contribution >= 4 is 15.9 Å². The molecule has 0 aliphatic rings. The Labute approximate surface area is 142 Å². The highest BCUT2D eigenvalue weighted by Gasteiger charge is 2.07. The van der Waals surface area contributed by atoms with Crippen LogP contribution in [0, 0.1) is 0 Å². The van der Waals surface area contributed by atoms with Gasteiger partial charge in [-0.1, -0.05) is 85.3 Å². The Morgan fingerprint density at radius 2 is 1.59 bits per heavy atom. The molecule has 0 aliphatic heterocycles. The number of unbranched alkanes of at least 4 members (excludes halogenated alkanes) is 5. The fraction of sp³-hybridized carbons (Fsp3) is 0.400. The molecule has 22 heavy (non-hydrogen) atoms. The predicted octanol–water partition coefficient (Wildman–Crippen LogP) is 6.86. The molecule has 0 N–H and O–H groups in total. The Kier molecular flexibility index (Phi) is 7.51. The van der Waals surface area contributed by atoms with Crippen molar-refractivity contribution < 1.29 is 4.74 Å². The highest BCUT2D eigenvalue weighted by Crippen LogP contribution is 2.32. The van der Waals surface area contributed by atoms with Gasteiger partial charge in [-0.2, -0.15) is 0 Å². The zero-order chi connectivity index (χ0) is 15.6. The Bertz CT molecular complexity index is 551. The minimum atomic E-state index is 0.794. The number of ether oxygens (including phenoxy) is 1. The van der Waals surface area contributed by atoms with Gasteiger partial charge in [-0.3, -0.25) is 0 Å². The van der Waals surface area contributed by atoms with Crippen LogP contribution in [0.15, 0.2) is 53.0 Å². The van der Waals surface area contributed by atoms with E-state index in [2.05, 4.69) is 65.3 Å². The third kappa shape index (κ3) is 5.49. The molecule has 0 fully saturated rings. The van der Waals surface area contributed by atoms with Crippen LogP contribution < -0.4 is 4.74 Å². The van der Waals surface area contributed by atoms with Crippen molar-refractivity contribution in [3.05, 3.63) is 53.0 Å². The molecule has 2 aromatic carbocycles. The standard InChI is InChI=1S/C20H25BrO/c1-2-3-4-5-6-10-15-22-20-16-18(21)13-14-19(20)17-11-8-7-9-12-17/h7-9,11-14,16H,2-6,10,15H2,1H3. The number of rotatable bonds is 9. The largest absolute Gasteiger partial charge is 0.493 e. The molecular formula is C20H25BrO. The summed E-state index contributed by atoms with van der Waals surface area (Å²) >= 11 is 3.54. The van der Waals surface area contributed by atoms with E-state index in [4.69, 9.17) is 4.74 Å². The molecule has 0 aliphatic carbocycles. The van der Waals surface area contributed by atoms with Crippen LogP contribution in [0.25, 0.3) is 11.1 Å². The van der Waals surface area contributed by atoms with E-state index < -0.39 is 0 Å². The van der Waals surface area contributed by atoms with Gasteiger partial charge in [0.15, 0.2) is 0 Å². The van der Waals surface area contributed by atoms with Crippen LogP contribution in [0.4, 0.5) is 0 Å². The first-order valence-electron chi connectivity index (χ1n) is 8.29. The maximum Gasteiger partial charge on any atom is 0.128 e. The van der Waals surface area contributed by atoms with E-state index in [1.165, 1.54) is 37.7 Å². The lowest BCUT2D eigenvalue weighted by Crippen LogP contribution is -1.99. The lowest BCUT2D eigenvalue weighted by Gasteiger charge is -2.12. The average molecular weight is 361 g/mol. The predicted molar refractivity (Wildman–Crippen MR) is 98.4 cm³/mol. The third-order valence-electron chi connectivity index (χ3n) is 3.78. The molecule has 118 valence electrons. The minimum absolute atomic E-state index is 0.794. The van der Waals surface area contributed by atoms with E-state index in [1.54, 1.807) is 0 Å². The van der Waals surface area contributed by atoms with E-state index in [-0.39, 0.29) is 0 Å². The molecule has 0 atom stereocenters. The molecule has 0 radical (unpaired) electrons. The van der Waals surface area contributed by atoms with Crippen LogP contribution in [0.5, 0.6) is 5.75 Å². The van der Waals surface area contributed by atoms with E-state index in [1.807, 2.05) is 6.07 Å². The van der Waals surface area contributed by atoms with Crippen LogP contribution in [-0.4, -0.2) is 6.61 Å². The van der Waals surface area contributed by atoms with E-state index in [0.29, 0.717) is 0 Å². The second kappa shape index (κ2) is 9.68. The van der Waals surface area contributed by atoms with E-state index in [9.17, 15) is 0 Å². The van der Waals surface area contributed by atoms with Gasteiger partial charge in [0.2, 0.25) is 0 Å². The molecule has 0 heterocycles. The lowest BCUT2D eigenvalue weighted by atomic mass is 10.0. The SMILES string of the molecule is CCCCCCCCOc1cc(Br)ccc1-c1ccccc1. The third-order valence-corrected chi connectivity index (χ3v) is 4.28. The van der Waals surface area contributed by atoms with Crippen molar-refractivity contribution in [1.29, 1.82) is 0 Å². The van der Waals surface area contributed by atoms with Crippen molar-refractivity contribution in [1.82, 2.24) is 0 Å². The zero-order valence-electron chi connectivity index (χ0n) is 13.4. The quantitative estimate of drug-likeness (QED) is 0.444. The van der Waals surface area contributed by atoms with Crippen LogP contribution >= 0.6 is 15.9 Å². The van der Waals surface area contributed by atoms with Crippen LogP contribution in [0.3, 0.4) is 0 Å². The first kappa shape index (κ1) is 17.1. The molecule has 2 rings (SSSR count). The summed E-state index contributed by atoms with van der Waals surface area (Å²) in [7, 11) is 0. The fourth-order valence-electron chi connectivity index (χ4n) is 2.54. The van der Waals surface area contributed by atoms with Gasteiger partial charge < -0.3 is 4.74 Å². The Morgan fingerprint density at radius 1 is 0.864 bits per heavy atom. The summed E-state index contributed by atoms with van der Waals surface area (Å²) < 4.78 is 7.11. The summed E-state index contributed by atoms with van der Waals surface area (Å²) in [4.78, 5) is 0. The topological polar surface area (TPSA) is 9.23 Å². The smallest absolute Gasteiger partial charge is 0.128 e. The summed E-state index contributed by atoms with van der Waals surface area (Å²) in [5, 5.41) is 0. The summed E-state index contributed by atoms with van der Waals surface area (Å²) in [5.74, 6) is 0.967. The minimum Gasteiger partial charge on any atom is -0.493 e. The second-order valence-electron chi connectivity index (χ2n) is 5.62. The molecule has 2 heteroatoms. The monoisotopic (exact) mass is 360 g/mol. The number of halogens is 1. The van der Waals surface area contributed by atoms with Gasteiger partial charge in [-0.15, -0.1) is 0 Å². The number of hydrogen-bond donors (Lipinski definition) is 0. The Morgan fingerprint density at radius 3 is 2.36 bits per heavy atom. The molecule has 2 aromatic rings. The summed E-state index contributed by atoms with van der Waals surface area (Å²) in [5.41, 5.74) is 2.36. The second-order valence-corrected chi connectivity index (χ2v) is 6.54. The van der Waals surface area contributed by atoms with Crippen LogP contribution in [0.2, 0.25) is 0 Å². The van der Waals surface area contributed by atoms with E-state index in [0.717, 1.165) is 28.8 Å². The van der Waals surface area contributed by atoms with Gasteiger partial charge in [0.25, 0.3) is 0 Å². The van der Waals surface area contributed by atoms with Crippen molar-refractivity contribution in [2.24, 2.45) is 0 Å². The van der Waals surface area contributed by atoms with E-state index >= 15 is 0 Å². The van der Waals surface area contributed by atoms with Gasteiger partial charge >= 0.3 is 0 Å². The molecule has 0 amide bonds. The number of benzene rings is 2. The van der Waals surface area contributed by atoms with Gasteiger partial charge in [0.05, 0.1) is 6.61 Å². The van der Waals surface area contributed by atoms with Crippen molar-refractivity contribution in [2.45, 2.75) is 45.4 Å². The highest BCUT2D eigenvalue weighted by molar-refractivity contribution is 9.10. The molecule has 0 spiro atoms. The normalized spacial score (nSPS) is 10.6. The van der Waals surface area contributed by atoms with Gasteiger partial charge in [0, 0.05) is 10.0 Å². The summed E-state index contributed by atoms with van der Waals surface area (Å²) in [6, 6.07) is 16.7. The highest BCUT2D eigenvalue weighted by atomic mass is 79.9. The van der Waals surface area contributed by atoms with Crippen molar-refractivity contribution in [3.63, 3.8) is 0 Å². The first-order valence-corrected chi connectivity index (χ1v) is 9.08. The molecular weight excluding hydrogens is 336 g/mol. The Balaban J connectivity index is 1.91. The van der Waals surface area contributed by atoms with Crippen molar-refractivity contribution in [3.8, 4) is 16.9 Å². The molecule has 0 saturated heterocycles. The summed E-state index contributed by atoms with van der Waals surface area (Å²) in [6.45, 7) is 3.05. The maximum atomic E-state index is 6.05. The van der Waals surface area contributed by atoms with Gasteiger partial charge in [0.1, 0.15) is 5.75 Å². The molecule has 0 aromatic heterocycles. The molecule has 0 unspecified atom stereocenters. The van der Waals surface area contributed by atoms with Crippen LogP contribution in [0.1, 0.15) is 45.4 Å². The van der Waals surface area contributed by atoms with Crippen LogP contribution in [-0.2, 0) is 0 Å². The molecule has 0 bridgehead atoms. The molecule has 1 nitrogen and oxygen atoms in total. The average Bonchev–Trinajstić information content (AvgIpc) is 2.55. The summed E-state index contributed by atoms with van der Waals surface area (Å²) in [6.07, 6.45) is 7.71. The Hall–Kier alpha value is -1.28.